The summed E-state index contributed by atoms with van der Waals surface area (Å²) in [5.41, 5.74) is 2.29. The molecule has 3 aromatic rings. The molecule has 33 heavy (non-hydrogen) atoms. The fourth-order valence-electron chi connectivity index (χ4n) is 5.25. The van der Waals surface area contributed by atoms with Gasteiger partial charge in [-0.3, -0.25) is 9.69 Å². The fraction of sp³-hybridized carbons (Fsp3) is 0.308. The molecule has 2 aliphatic rings. The van der Waals surface area contributed by atoms with Gasteiger partial charge >= 0.3 is 6.18 Å². The summed E-state index contributed by atoms with van der Waals surface area (Å²) in [5.74, 6) is 0.491. The van der Waals surface area contributed by atoms with E-state index in [9.17, 15) is 18.0 Å². The average molecular weight is 449 g/mol. The number of rotatable bonds is 3. The maximum Gasteiger partial charge on any atom is 0.416 e. The van der Waals surface area contributed by atoms with Crippen LogP contribution in [0, 0.1) is 17.2 Å². The molecule has 1 fully saturated rings. The van der Waals surface area contributed by atoms with Crippen molar-refractivity contribution >= 4 is 0 Å². The third-order valence-electron chi connectivity index (χ3n) is 6.64. The molecule has 3 heterocycles. The van der Waals surface area contributed by atoms with Crippen LogP contribution in [0.25, 0.3) is 11.1 Å². The number of fused-ring (bicyclic) bond motifs is 4. The second kappa shape index (κ2) is 8.20. The molecule has 0 amide bonds. The van der Waals surface area contributed by atoms with Crippen LogP contribution in [0.1, 0.15) is 34.7 Å². The molecule has 2 aliphatic heterocycles. The van der Waals surface area contributed by atoms with E-state index in [2.05, 4.69) is 11.0 Å². The number of nitrogens with zero attached hydrogens (tertiary/aromatic N) is 3. The summed E-state index contributed by atoms with van der Waals surface area (Å²) in [5, 5.41) is 9.14. The highest BCUT2D eigenvalue weighted by Gasteiger charge is 2.35. The number of pyridine rings is 1. The quantitative estimate of drug-likeness (QED) is 0.564. The molecule has 0 spiro atoms. The molecule has 0 aliphatic carbocycles. The Labute approximate surface area is 189 Å². The number of alkyl halides is 3. The van der Waals surface area contributed by atoms with Gasteiger partial charge in [-0.2, -0.15) is 18.4 Å². The third kappa shape index (κ3) is 4.19. The van der Waals surface area contributed by atoms with Gasteiger partial charge in [0.25, 0.3) is 5.56 Å². The van der Waals surface area contributed by atoms with Gasteiger partial charge in [-0.1, -0.05) is 24.3 Å². The van der Waals surface area contributed by atoms with Crippen LogP contribution in [0.2, 0.25) is 0 Å². The van der Waals surface area contributed by atoms with Gasteiger partial charge < -0.3 is 4.57 Å². The second-order valence-electron chi connectivity index (χ2n) is 8.97. The molecule has 0 N–H and O–H groups in total. The largest absolute Gasteiger partial charge is 0.416 e. The van der Waals surface area contributed by atoms with Crippen molar-refractivity contribution in [1.82, 2.24) is 9.47 Å². The second-order valence-corrected chi connectivity index (χ2v) is 8.97. The highest BCUT2D eigenvalue weighted by Crippen LogP contribution is 2.37. The van der Waals surface area contributed by atoms with Crippen LogP contribution in [0.4, 0.5) is 13.2 Å². The minimum absolute atomic E-state index is 0.194. The Morgan fingerprint density at radius 2 is 1.82 bits per heavy atom. The van der Waals surface area contributed by atoms with Crippen LogP contribution in [0.5, 0.6) is 0 Å². The third-order valence-corrected chi connectivity index (χ3v) is 6.64. The van der Waals surface area contributed by atoms with Crippen molar-refractivity contribution in [3.63, 3.8) is 0 Å². The summed E-state index contributed by atoms with van der Waals surface area (Å²) in [7, 11) is 0. The first-order chi connectivity index (χ1) is 15.8. The number of benzene rings is 2. The van der Waals surface area contributed by atoms with Crippen molar-refractivity contribution in [3.8, 4) is 17.2 Å². The molecule has 1 saturated heterocycles. The summed E-state index contributed by atoms with van der Waals surface area (Å²) < 4.78 is 41.2. The predicted molar refractivity (Wildman–Crippen MR) is 118 cm³/mol. The molecule has 0 radical (unpaired) electrons. The maximum atomic E-state index is 13.3. The Kier molecular flexibility index (Phi) is 5.34. The van der Waals surface area contributed by atoms with E-state index in [1.807, 2.05) is 24.3 Å². The van der Waals surface area contributed by atoms with E-state index in [1.54, 1.807) is 22.8 Å². The minimum Gasteiger partial charge on any atom is -0.311 e. The zero-order chi connectivity index (χ0) is 23.2. The molecule has 7 heteroatoms. The van der Waals surface area contributed by atoms with E-state index >= 15 is 0 Å². The monoisotopic (exact) mass is 449 g/mol. The highest BCUT2D eigenvalue weighted by atomic mass is 19.4. The first-order valence-electron chi connectivity index (χ1n) is 10.9. The van der Waals surface area contributed by atoms with Crippen LogP contribution >= 0.6 is 0 Å². The zero-order valence-corrected chi connectivity index (χ0v) is 17.8. The van der Waals surface area contributed by atoms with Gasteiger partial charge in [0.15, 0.2) is 0 Å². The topological polar surface area (TPSA) is 49.0 Å². The normalized spacial score (nSPS) is 20.2. The average Bonchev–Trinajstić information content (AvgIpc) is 2.79. The molecular weight excluding hydrogens is 427 g/mol. The highest BCUT2D eigenvalue weighted by molar-refractivity contribution is 5.63. The van der Waals surface area contributed by atoms with E-state index in [0.717, 1.165) is 49.4 Å². The number of aromatic nitrogens is 1. The van der Waals surface area contributed by atoms with Crippen molar-refractivity contribution in [1.29, 1.82) is 5.26 Å². The first kappa shape index (κ1) is 21.5. The van der Waals surface area contributed by atoms with E-state index < -0.39 is 11.7 Å². The molecule has 2 atom stereocenters. The van der Waals surface area contributed by atoms with E-state index in [0.29, 0.717) is 29.2 Å². The van der Waals surface area contributed by atoms with Gasteiger partial charge in [-0.25, -0.2) is 0 Å². The summed E-state index contributed by atoms with van der Waals surface area (Å²) in [6.45, 7) is 2.95. The van der Waals surface area contributed by atoms with Gasteiger partial charge in [-0.15, -0.1) is 0 Å². The molecule has 168 valence electrons. The van der Waals surface area contributed by atoms with Crippen LogP contribution < -0.4 is 5.56 Å². The van der Waals surface area contributed by atoms with E-state index in [1.165, 1.54) is 6.07 Å². The first-order valence-corrected chi connectivity index (χ1v) is 10.9. The number of hydrogen-bond donors (Lipinski definition) is 0. The fourth-order valence-corrected chi connectivity index (χ4v) is 5.25. The van der Waals surface area contributed by atoms with Crippen molar-refractivity contribution < 1.29 is 13.2 Å². The maximum absolute atomic E-state index is 13.3. The minimum atomic E-state index is -4.45. The van der Waals surface area contributed by atoms with Crippen molar-refractivity contribution in [2.24, 2.45) is 5.92 Å². The summed E-state index contributed by atoms with van der Waals surface area (Å²) in [6.07, 6.45) is -3.45. The molecule has 2 aromatic carbocycles. The summed E-state index contributed by atoms with van der Waals surface area (Å²) in [4.78, 5) is 15.7. The number of hydrogen-bond acceptors (Lipinski definition) is 3. The number of nitriles is 1. The van der Waals surface area contributed by atoms with Crippen LogP contribution in [-0.4, -0.2) is 22.6 Å². The summed E-state index contributed by atoms with van der Waals surface area (Å²) in [6, 6.07) is 18.3. The molecule has 1 aromatic heterocycles. The Balaban J connectivity index is 1.42. The van der Waals surface area contributed by atoms with Gasteiger partial charge in [-0.05, 0) is 59.9 Å². The van der Waals surface area contributed by atoms with Gasteiger partial charge in [0.1, 0.15) is 0 Å². The molecule has 2 unspecified atom stereocenters. The number of likely N-dealkylation sites (tertiary alicyclic amines) is 1. The van der Waals surface area contributed by atoms with Gasteiger partial charge in [0, 0.05) is 43.4 Å². The zero-order valence-electron chi connectivity index (χ0n) is 17.8. The lowest BCUT2D eigenvalue weighted by Crippen LogP contribution is -2.46. The summed E-state index contributed by atoms with van der Waals surface area (Å²) >= 11 is 0. The predicted octanol–water partition coefficient (Wildman–Crippen LogP) is 5.03. The Morgan fingerprint density at radius 1 is 1.00 bits per heavy atom. The Morgan fingerprint density at radius 3 is 2.61 bits per heavy atom. The number of halogens is 3. The molecule has 2 bridgehead atoms. The number of piperidine rings is 1. The van der Waals surface area contributed by atoms with Crippen molar-refractivity contribution in [2.75, 3.05) is 13.1 Å². The van der Waals surface area contributed by atoms with Crippen LogP contribution in [0.3, 0.4) is 0 Å². The van der Waals surface area contributed by atoms with Crippen molar-refractivity contribution in [3.05, 3.63) is 93.4 Å². The standard InChI is InChI=1S/C26H22F3N3O/c27-26(28,29)22-6-2-5-20(11-22)23-7-8-24-21-10-19(15-32(24)25(23)33)14-31(16-21)13-18-4-1-3-17(9-18)12-30/h1-9,11,19,21H,10,13-16H2. The van der Waals surface area contributed by atoms with Gasteiger partial charge in [0.2, 0.25) is 0 Å². The Bertz CT molecular complexity index is 1310. The SMILES string of the molecule is N#Cc1cccc(CN2CC3CC(C2)c2ccc(-c4cccc(C(F)(F)F)c4)c(=O)n2C3)c1. The molecular formula is C26H22F3N3O. The lowest BCUT2D eigenvalue weighted by molar-refractivity contribution is -0.137. The van der Waals surface area contributed by atoms with E-state index in [4.69, 9.17) is 5.26 Å². The lowest BCUT2D eigenvalue weighted by atomic mass is 9.82. The Hall–Kier alpha value is -3.37. The van der Waals surface area contributed by atoms with Crippen molar-refractivity contribution in [2.45, 2.75) is 31.6 Å². The molecule has 5 rings (SSSR count). The molecule has 0 saturated carbocycles. The van der Waals surface area contributed by atoms with Gasteiger partial charge in [0.05, 0.1) is 17.2 Å². The van der Waals surface area contributed by atoms with Crippen LogP contribution in [0.15, 0.2) is 65.5 Å². The van der Waals surface area contributed by atoms with E-state index in [-0.39, 0.29) is 11.5 Å². The smallest absolute Gasteiger partial charge is 0.311 e. The lowest BCUT2D eigenvalue weighted by Gasteiger charge is -2.43. The van der Waals surface area contributed by atoms with Crippen LogP contribution in [-0.2, 0) is 19.3 Å². The molecule has 4 nitrogen and oxygen atoms in total.